The molecule has 0 atom stereocenters. The predicted octanol–water partition coefficient (Wildman–Crippen LogP) is 3.62. The summed E-state index contributed by atoms with van der Waals surface area (Å²) in [6.45, 7) is 11.5. The largest absolute Gasteiger partial charge is 0.444 e. The molecule has 0 aliphatic carbocycles. The Hall–Kier alpha value is -1.33. The van der Waals surface area contributed by atoms with Crippen molar-refractivity contribution < 1.29 is 18.7 Å². The Morgan fingerprint density at radius 2 is 1.56 bits per heavy atom. The van der Waals surface area contributed by atoms with E-state index in [9.17, 15) is 9.59 Å². The number of carbonyl (C=O) groups excluding carboxylic acids is 2. The molecule has 2 rings (SSSR count). The number of halogens is 1. The molecular formula is C19H33FN2O3. The summed E-state index contributed by atoms with van der Waals surface area (Å²) < 4.78 is 20.5. The van der Waals surface area contributed by atoms with Crippen LogP contribution in [0.1, 0.15) is 60.3 Å². The van der Waals surface area contributed by atoms with Crippen molar-refractivity contribution in [2.24, 2.45) is 11.8 Å². The first kappa shape index (κ1) is 20.0. The first-order valence-electron chi connectivity index (χ1n) is 9.48. The molecule has 2 aliphatic rings. The van der Waals surface area contributed by atoms with E-state index in [0.717, 1.165) is 12.8 Å². The molecule has 0 unspecified atom stereocenters. The fourth-order valence-corrected chi connectivity index (χ4v) is 3.64. The number of rotatable bonds is 2. The number of hydrogen-bond acceptors (Lipinski definition) is 3. The third kappa shape index (κ3) is 5.08. The molecule has 0 N–H and O–H groups in total. The van der Waals surface area contributed by atoms with Crippen LogP contribution in [-0.4, -0.2) is 59.2 Å². The fraction of sp³-hybridized carbons (Fsp3) is 0.895. The second-order valence-corrected chi connectivity index (χ2v) is 8.81. The molecule has 2 aliphatic heterocycles. The van der Waals surface area contributed by atoms with Crippen molar-refractivity contribution in [3.63, 3.8) is 0 Å². The van der Waals surface area contributed by atoms with Crippen molar-refractivity contribution in [3.8, 4) is 0 Å². The minimum atomic E-state index is -1.84. The Labute approximate surface area is 150 Å². The summed E-state index contributed by atoms with van der Waals surface area (Å²) in [6.07, 6.45) is 1.57. The van der Waals surface area contributed by atoms with Crippen LogP contribution in [0.4, 0.5) is 9.18 Å². The zero-order valence-corrected chi connectivity index (χ0v) is 16.3. The second kappa shape index (κ2) is 7.50. The predicted molar refractivity (Wildman–Crippen MR) is 95.0 cm³/mol. The number of likely N-dealkylation sites (tertiary alicyclic amines) is 2. The lowest BCUT2D eigenvalue weighted by Crippen LogP contribution is -2.55. The number of hydrogen-bond donors (Lipinski definition) is 0. The van der Waals surface area contributed by atoms with Gasteiger partial charge in [0.05, 0.1) is 0 Å². The van der Waals surface area contributed by atoms with Crippen molar-refractivity contribution in [3.05, 3.63) is 0 Å². The fourth-order valence-electron chi connectivity index (χ4n) is 3.64. The Balaban J connectivity index is 1.87. The smallest absolute Gasteiger partial charge is 0.410 e. The molecule has 0 aromatic heterocycles. The van der Waals surface area contributed by atoms with E-state index in [-0.39, 0.29) is 25.9 Å². The first-order valence-corrected chi connectivity index (χ1v) is 9.48. The third-order valence-corrected chi connectivity index (χ3v) is 5.36. The van der Waals surface area contributed by atoms with Crippen LogP contribution in [0, 0.1) is 11.8 Å². The van der Waals surface area contributed by atoms with Gasteiger partial charge in [0.2, 0.25) is 0 Å². The van der Waals surface area contributed by atoms with Gasteiger partial charge in [-0.3, -0.25) is 4.79 Å². The Bertz CT molecular complexity index is 485. The number of ether oxygens (including phenoxy) is 1. The Morgan fingerprint density at radius 1 is 1.04 bits per heavy atom. The summed E-state index contributed by atoms with van der Waals surface area (Å²) in [6, 6.07) is 0. The lowest BCUT2D eigenvalue weighted by atomic mass is 9.85. The van der Waals surface area contributed by atoms with Crippen LogP contribution in [0.3, 0.4) is 0 Å². The standard InChI is InChI=1S/C19H33FN2O3/c1-14(2)15-6-10-21(11-7-15)16(23)19(20)8-12-22(13-9-19)17(24)25-18(3,4)5/h14-15H,6-13H2,1-5H3. The maximum Gasteiger partial charge on any atom is 0.410 e. The van der Waals surface area contributed by atoms with E-state index in [2.05, 4.69) is 13.8 Å². The highest BCUT2D eigenvalue weighted by molar-refractivity contribution is 5.85. The third-order valence-electron chi connectivity index (χ3n) is 5.36. The van der Waals surface area contributed by atoms with E-state index in [1.54, 1.807) is 25.7 Å². The van der Waals surface area contributed by atoms with Crippen molar-refractivity contribution in [2.75, 3.05) is 26.2 Å². The number of nitrogens with zero attached hydrogens (tertiary/aromatic N) is 2. The molecule has 2 amide bonds. The molecule has 5 nitrogen and oxygen atoms in total. The Morgan fingerprint density at radius 3 is 2.00 bits per heavy atom. The highest BCUT2D eigenvalue weighted by atomic mass is 19.1. The molecule has 0 bridgehead atoms. The normalized spacial score (nSPS) is 22.2. The first-order chi connectivity index (χ1) is 11.5. The van der Waals surface area contributed by atoms with Gasteiger partial charge in [0.1, 0.15) is 5.60 Å². The van der Waals surface area contributed by atoms with E-state index in [4.69, 9.17) is 4.74 Å². The van der Waals surface area contributed by atoms with E-state index >= 15 is 4.39 Å². The molecule has 25 heavy (non-hydrogen) atoms. The number of amides is 2. The summed E-state index contributed by atoms with van der Waals surface area (Å²) in [5, 5.41) is 0. The number of carbonyl (C=O) groups is 2. The van der Waals surface area contributed by atoms with Crippen LogP contribution < -0.4 is 0 Å². The van der Waals surface area contributed by atoms with Crippen molar-refractivity contribution in [1.29, 1.82) is 0 Å². The van der Waals surface area contributed by atoms with E-state index in [1.165, 1.54) is 4.90 Å². The summed E-state index contributed by atoms with van der Waals surface area (Å²) in [5.41, 5.74) is -2.42. The molecule has 2 saturated heterocycles. The van der Waals surface area contributed by atoms with Crippen LogP contribution >= 0.6 is 0 Å². The molecular weight excluding hydrogens is 323 g/mol. The highest BCUT2D eigenvalue weighted by Crippen LogP contribution is 2.32. The monoisotopic (exact) mass is 356 g/mol. The van der Waals surface area contributed by atoms with Crippen LogP contribution in [0.15, 0.2) is 0 Å². The van der Waals surface area contributed by atoms with Gasteiger partial charge in [-0.1, -0.05) is 13.8 Å². The number of piperidine rings is 2. The maximum absolute atomic E-state index is 15.2. The zero-order chi connectivity index (χ0) is 18.8. The van der Waals surface area contributed by atoms with E-state index in [0.29, 0.717) is 24.9 Å². The summed E-state index contributed by atoms with van der Waals surface area (Å²) in [7, 11) is 0. The summed E-state index contributed by atoms with van der Waals surface area (Å²) in [4.78, 5) is 27.9. The number of alkyl halides is 1. The molecule has 2 heterocycles. The van der Waals surface area contributed by atoms with E-state index < -0.39 is 23.3 Å². The van der Waals surface area contributed by atoms with Crippen LogP contribution in [0.25, 0.3) is 0 Å². The van der Waals surface area contributed by atoms with Gasteiger partial charge in [-0.05, 0) is 45.4 Å². The zero-order valence-electron chi connectivity index (χ0n) is 16.3. The van der Waals surface area contributed by atoms with Crippen LogP contribution in [0.5, 0.6) is 0 Å². The molecule has 144 valence electrons. The quantitative estimate of drug-likeness (QED) is 0.759. The SMILES string of the molecule is CC(C)C1CCN(C(=O)C2(F)CCN(C(=O)OC(C)(C)C)CC2)CC1. The summed E-state index contributed by atoms with van der Waals surface area (Å²) >= 11 is 0. The van der Waals surface area contributed by atoms with Gasteiger partial charge >= 0.3 is 6.09 Å². The van der Waals surface area contributed by atoms with Crippen molar-refractivity contribution >= 4 is 12.0 Å². The lowest BCUT2D eigenvalue weighted by Gasteiger charge is -2.41. The van der Waals surface area contributed by atoms with Gasteiger partial charge in [0.15, 0.2) is 5.67 Å². The second-order valence-electron chi connectivity index (χ2n) is 8.81. The van der Waals surface area contributed by atoms with Gasteiger partial charge in [-0.25, -0.2) is 9.18 Å². The molecule has 0 spiro atoms. The Kier molecular flexibility index (Phi) is 6.00. The van der Waals surface area contributed by atoms with Gasteiger partial charge in [-0.2, -0.15) is 0 Å². The van der Waals surface area contributed by atoms with Crippen molar-refractivity contribution in [2.45, 2.75) is 71.6 Å². The topological polar surface area (TPSA) is 49.9 Å². The molecule has 0 radical (unpaired) electrons. The molecule has 0 saturated carbocycles. The maximum atomic E-state index is 15.2. The highest BCUT2D eigenvalue weighted by Gasteiger charge is 2.46. The molecule has 0 aromatic carbocycles. The summed E-state index contributed by atoms with van der Waals surface area (Å²) in [5.74, 6) is 0.834. The lowest BCUT2D eigenvalue weighted by molar-refractivity contribution is -0.149. The van der Waals surface area contributed by atoms with Gasteiger partial charge in [0.25, 0.3) is 5.91 Å². The van der Waals surface area contributed by atoms with Crippen LogP contribution in [0.2, 0.25) is 0 Å². The van der Waals surface area contributed by atoms with Crippen LogP contribution in [-0.2, 0) is 9.53 Å². The molecule has 0 aromatic rings. The van der Waals surface area contributed by atoms with Gasteiger partial charge in [-0.15, -0.1) is 0 Å². The van der Waals surface area contributed by atoms with Gasteiger partial charge < -0.3 is 14.5 Å². The van der Waals surface area contributed by atoms with Crippen molar-refractivity contribution in [1.82, 2.24) is 9.80 Å². The molecule has 2 fully saturated rings. The minimum absolute atomic E-state index is 0.0508. The molecule has 6 heteroatoms. The average Bonchev–Trinajstić information content (AvgIpc) is 2.53. The van der Waals surface area contributed by atoms with Gasteiger partial charge in [0, 0.05) is 39.0 Å². The average molecular weight is 356 g/mol. The van der Waals surface area contributed by atoms with E-state index in [1.807, 2.05) is 0 Å². The minimum Gasteiger partial charge on any atom is -0.444 e.